The molecular weight excluding hydrogens is 1140 g/mol. The normalized spacial score (nSPS) is 12.1. The van der Waals surface area contributed by atoms with Crippen LogP contribution in [0.2, 0.25) is 0 Å². The number of H-pyrrole nitrogens is 2. The molecule has 0 atom stereocenters. The van der Waals surface area contributed by atoms with Crippen LogP contribution in [0.25, 0.3) is 0 Å². The van der Waals surface area contributed by atoms with Gasteiger partial charge in [0.2, 0.25) is 0 Å². The second kappa shape index (κ2) is 31.3. The summed E-state index contributed by atoms with van der Waals surface area (Å²) in [6, 6.07) is 15.5. The van der Waals surface area contributed by atoms with E-state index in [-0.39, 0.29) is 76.0 Å². The highest BCUT2D eigenvalue weighted by Crippen LogP contribution is 2.36. The monoisotopic (exact) mass is 1230 g/mol. The first-order valence-electron chi connectivity index (χ1n) is 31.6. The van der Waals surface area contributed by atoms with Gasteiger partial charge in [-0.3, -0.25) is 19.2 Å². The second-order valence-corrected chi connectivity index (χ2v) is 23.8. The molecule has 8 aromatic heterocycles. The van der Waals surface area contributed by atoms with Crippen LogP contribution in [-0.2, 0) is 156 Å². The first-order chi connectivity index (χ1) is 43.5. The molecule has 0 saturated heterocycles. The van der Waals surface area contributed by atoms with Gasteiger partial charge in [-0.1, -0.05) is 0 Å². The summed E-state index contributed by atoms with van der Waals surface area (Å²) in [5.74, 6) is -1.19. The summed E-state index contributed by atoms with van der Waals surface area (Å²) in [4.78, 5) is 62.8. The van der Waals surface area contributed by atoms with Gasteiger partial charge in [-0.15, -0.1) is 0 Å². The third-order valence-electron chi connectivity index (χ3n) is 17.9. The molecule has 476 valence electrons. The lowest BCUT2D eigenvalue weighted by Gasteiger charge is -2.13. The Morgan fingerprint density at radius 1 is 0.378 bits per heavy atom. The first kappa shape index (κ1) is 65.9. The maximum absolute atomic E-state index is 13.8. The number of hydrogen-bond donors (Lipinski definition) is 6. The summed E-state index contributed by atoms with van der Waals surface area (Å²) < 4.78 is 36.2. The van der Waals surface area contributed by atoms with Gasteiger partial charge in [0.25, 0.3) is 0 Å². The number of nitrogens with two attached hydrogens (primary N) is 4. The molecular formula is C70H92N12O8+4. The average molecular weight is 1230 g/mol. The largest absolute Gasteiger partial charge is 0.461 e. The van der Waals surface area contributed by atoms with Crippen molar-refractivity contribution in [1.29, 1.82) is 0 Å². The topological polar surface area (TPSA) is 266 Å². The second-order valence-electron chi connectivity index (χ2n) is 23.8. The molecule has 1 aliphatic rings. The van der Waals surface area contributed by atoms with E-state index in [1.165, 1.54) is 0 Å². The van der Waals surface area contributed by atoms with Crippen molar-refractivity contribution in [2.45, 2.75) is 157 Å². The van der Waals surface area contributed by atoms with E-state index in [1.807, 2.05) is 116 Å². The van der Waals surface area contributed by atoms with Crippen molar-refractivity contribution in [3.8, 4) is 0 Å². The van der Waals surface area contributed by atoms with Crippen molar-refractivity contribution in [2.75, 3.05) is 26.2 Å². The number of pyridine rings is 4. The Morgan fingerprint density at radius 3 is 0.944 bits per heavy atom. The fraction of sp³-hybridized carbons (Fsp3) is 0.429. The Bertz CT molecular complexity index is 3760. The summed E-state index contributed by atoms with van der Waals surface area (Å²) in [6.45, 7) is 14.1. The Hall–Kier alpha value is -8.56. The molecule has 10 N–H and O–H groups in total. The van der Waals surface area contributed by atoms with Gasteiger partial charge in [0, 0.05) is 182 Å². The number of carbonyl (C=O) groups excluding carboxylic acids is 4. The van der Waals surface area contributed by atoms with Gasteiger partial charge < -0.3 is 61.0 Å². The summed E-state index contributed by atoms with van der Waals surface area (Å²) in [6.07, 6.45) is 20.0. The standard InChI is InChI=1S/C70H92N12O8/c1-47-55(7-11-67(83)87-43-51-15-27-79(28-16-51)35-23-71)61-39-62-56(8-12-68(84)88-44-52-17-29-80(30-18-52)36-24-72)48(2)60(76-62)41-65-57(9-13-69(85)89-45-53-19-31-81(32-20-53)37-25-73)50(4)64(78(65)6)42-66-58(49(3)63(77(66)5)40-59(47)75-61)10-14-70(86)90-46-54-21-33-82(34-22-54)38-26-74/h15-22,27-34,75-76H,7-14,23-26,35-46,71-74H2,1-6H3/q+4. The number of nitrogens with one attached hydrogen (secondary N) is 2. The molecule has 9 heterocycles. The quantitative estimate of drug-likeness (QED) is 0.0223. The van der Waals surface area contributed by atoms with E-state index in [0.29, 0.717) is 104 Å². The lowest BCUT2D eigenvalue weighted by Crippen LogP contribution is -2.36. The zero-order valence-electron chi connectivity index (χ0n) is 53.5. The van der Waals surface area contributed by atoms with Crippen LogP contribution in [0.3, 0.4) is 0 Å². The molecule has 0 aliphatic carbocycles. The number of hydrogen-bond acceptors (Lipinski definition) is 12. The minimum Gasteiger partial charge on any atom is -0.461 e. The van der Waals surface area contributed by atoms with Crippen LogP contribution in [0, 0.1) is 27.7 Å². The maximum Gasteiger partial charge on any atom is 0.306 e. The molecule has 20 heteroatoms. The zero-order valence-corrected chi connectivity index (χ0v) is 53.5. The lowest BCUT2D eigenvalue weighted by atomic mass is 9.96. The van der Waals surface area contributed by atoms with Gasteiger partial charge in [-0.2, -0.15) is 0 Å². The van der Waals surface area contributed by atoms with Crippen LogP contribution >= 0.6 is 0 Å². The Morgan fingerprint density at radius 2 is 0.644 bits per heavy atom. The Balaban J connectivity index is 1.06. The van der Waals surface area contributed by atoms with E-state index in [2.05, 4.69) is 60.9 Å². The van der Waals surface area contributed by atoms with E-state index in [4.69, 9.17) is 41.9 Å². The van der Waals surface area contributed by atoms with Crippen LogP contribution in [0.4, 0.5) is 0 Å². The number of ether oxygens (including phenoxy) is 4. The van der Waals surface area contributed by atoms with Crippen LogP contribution < -0.4 is 41.2 Å². The van der Waals surface area contributed by atoms with Gasteiger partial charge in [-0.25, -0.2) is 18.3 Å². The van der Waals surface area contributed by atoms with Crippen molar-refractivity contribution in [1.82, 2.24) is 19.1 Å². The molecule has 90 heavy (non-hydrogen) atoms. The number of fused-ring (bicyclic) bond motifs is 8. The van der Waals surface area contributed by atoms with Crippen molar-refractivity contribution < 1.29 is 56.4 Å². The predicted molar refractivity (Wildman–Crippen MR) is 338 cm³/mol. The summed E-state index contributed by atoms with van der Waals surface area (Å²) in [7, 11) is 4.23. The van der Waals surface area contributed by atoms with Crippen molar-refractivity contribution in [3.05, 3.63) is 210 Å². The van der Waals surface area contributed by atoms with E-state index in [0.717, 1.165) is 112 Å². The SMILES string of the molecule is Cc1c2[nH]c(c1CCC(=O)OCc1cc[n+](CCN)cc1)Cc1[nH]c(c(C)c1CCC(=O)OCc1cc[n+](CCN)cc1)Cc1c(CCC(=O)OCc3cc[n+](CCN)cc3)c(C)c(n1C)Cc1c(CCC(=O)OCc3cc[n+](CCN)cc3)c(C)c(n1C)C2. The van der Waals surface area contributed by atoms with Crippen LogP contribution in [-0.4, -0.2) is 69.2 Å². The van der Waals surface area contributed by atoms with Gasteiger partial charge in [0.05, 0.1) is 26.2 Å². The predicted octanol–water partition coefficient (Wildman–Crippen LogP) is 4.62. The smallest absolute Gasteiger partial charge is 0.306 e. The van der Waals surface area contributed by atoms with Crippen molar-refractivity contribution in [2.24, 2.45) is 37.0 Å². The molecule has 0 aromatic carbocycles. The number of carbonyl (C=O) groups is 4. The number of aromatic amines is 2. The summed E-state index contributed by atoms with van der Waals surface area (Å²) >= 11 is 0. The summed E-state index contributed by atoms with van der Waals surface area (Å²) in [5, 5.41) is 0. The van der Waals surface area contributed by atoms with Crippen molar-refractivity contribution in [3.63, 3.8) is 0 Å². The lowest BCUT2D eigenvalue weighted by molar-refractivity contribution is -0.694. The van der Waals surface area contributed by atoms with Crippen LogP contribution in [0.15, 0.2) is 98.1 Å². The summed E-state index contributed by atoms with van der Waals surface area (Å²) in [5.41, 5.74) is 43.4. The minimum atomic E-state index is -0.306. The number of esters is 4. The molecule has 9 rings (SSSR count). The highest BCUT2D eigenvalue weighted by molar-refractivity contribution is 5.72. The van der Waals surface area contributed by atoms with Crippen molar-refractivity contribution >= 4 is 23.9 Å². The molecule has 8 bridgehead atoms. The van der Waals surface area contributed by atoms with Gasteiger partial charge in [0.15, 0.2) is 75.8 Å². The molecule has 1 aliphatic heterocycles. The molecule has 0 saturated carbocycles. The molecule has 0 radical (unpaired) electrons. The Labute approximate surface area is 528 Å². The van der Waals surface area contributed by atoms with E-state index < -0.39 is 0 Å². The van der Waals surface area contributed by atoms with Crippen LogP contribution in [0.5, 0.6) is 0 Å². The molecule has 0 unspecified atom stereocenters. The van der Waals surface area contributed by atoms with Gasteiger partial charge in [0.1, 0.15) is 26.4 Å². The zero-order chi connectivity index (χ0) is 63.8. The number of rotatable bonds is 28. The Kier molecular flexibility index (Phi) is 22.9. The van der Waals surface area contributed by atoms with E-state index in [1.54, 1.807) is 0 Å². The fourth-order valence-corrected chi connectivity index (χ4v) is 12.5. The van der Waals surface area contributed by atoms with E-state index >= 15 is 0 Å². The molecule has 0 spiro atoms. The molecule has 8 aromatic rings. The number of nitrogens with zero attached hydrogens (tertiary/aromatic N) is 6. The third-order valence-corrected chi connectivity index (χ3v) is 17.9. The number of aromatic nitrogens is 8. The van der Waals surface area contributed by atoms with Crippen LogP contribution in [0.1, 0.15) is 138 Å². The maximum atomic E-state index is 13.8. The first-order valence-corrected chi connectivity index (χ1v) is 31.6. The molecule has 0 fully saturated rings. The van der Waals surface area contributed by atoms with Gasteiger partial charge in [-0.05, 0) is 97.9 Å². The third kappa shape index (κ3) is 16.6. The van der Waals surface area contributed by atoms with Gasteiger partial charge >= 0.3 is 23.9 Å². The minimum absolute atomic E-state index is 0.150. The average Bonchev–Trinajstić information content (AvgIpc) is 2.55. The molecule has 20 nitrogen and oxygen atoms in total. The fourth-order valence-electron chi connectivity index (χ4n) is 12.5. The highest BCUT2D eigenvalue weighted by atomic mass is 16.5. The van der Waals surface area contributed by atoms with E-state index in [9.17, 15) is 19.2 Å². The highest BCUT2D eigenvalue weighted by Gasteiger charge is 2.29. The molecule has 0 amide bonds.